The molecule has 0 bridgehead atoms. The molecule has 1 heterocycles. The predicted molar refractivity (Wildman–Crippen MR) is 63.7 cm³/mol. The average Bonchev–Trinajstić information content (AvgIpc) is 2.40. The van der Waals surface area contributed by atoms with E-state index in [1.54, 1.807) is 17.6 Å². The van der Waals surface area contributed by atoms with Gasteiger partial charge < -0.3 is 9.64 Å². The van der Waals surface area contributed by atoms with Crippen molar-refractivity contribution in [3.05, 3.63) is 36.4 Å². The molecule has 1 aliphatic rings. The monoisotopic (exact) mass is 248 g/mol. The summed E-state index contributed by atoms with van der Waals surface area (Å²) < 4.78 is 5.26. The number of nitrogens with one attached hydrogen (secondary N) is 1. The van der Waals surface area contributed by atoms with Crippen LogP contribution in [0.25, 0.3) is 0 Å². The number of carbonyl (C=O) groups excluding carboxylic acids is 2. The topological polar surface area (TPSA) is 78.9 Å². The molecule has 1 aromatic carbocycles. The second-order valence-corrected chi connectivity index (χ2v) is 3.71. The predicted octanol–water partition coefficient (Wildman–Crippen LogP) is 0.717. The highest BCUT2D eigenvalue weighted by Crippen LogP contribution is 2.32. The summed E-state index contributed by atoms with van der Waals surface area (Å²) in [6.07, 6.45) is 1.59. The number of hydroxylamine groups is 1. The Morgan fingerprint density at radius 3 is 3.06 bits per heavy atom. The minimum atomic E-state index is -0.644. The number of ether oxygens (including phenoxy) is 1. The Labute approximate surface area is 103 Å². The van der Waals surface area contributed by atoms with Crippen LogP contribution in [-0.4, -0.2) is 30.2 Å². The van der Waals surface area contributed by atoms with Gasteiger partial charge in [-0.1, -0.05) is 6.08 Å². The fourth-order valence-corrected chi connectivity index (χ4v) is 1.74. The molecular weight excluding hydrogens is 236 g/mol. The number of rotatable bonds is 3. The number of amides is 2. The van der Waals surface area contributed by atoms with Crippen LogP contribution >= 0.6 is 0 Å². The van der Waals surface area contributed by atoms with Crippen molar-refractivity contribution in [2.24, 2.45) is 0 Å². The summed E-state index contributed by atoms with van der Waals surface area (Å²) in [6.45, 7) is 3.88. The molecule has 6 heteroatoms. The van der Waals surface area contributed by atoms with Crippen LogP contribution in [-0.2, 0) is 4.79 Å². The lowest BCUT2D eigenvalue weighted by Gasteiger charge is -2.28. The summed E-state index contributed by atoms with van der Waals surface area (Å²) in [4.78, 5) is 24.5. The number of benzene rings is 1. The molecule has 2 N–H and O–H groups in total. The van der Waals surface area contributed by atoms with Crippen LogP contribution in [0.1, 0.15) is 10.4 Å². The number of nitrogens with zero attached hydrogens (tertiary/aromatic N) is 1. The molecule has 0 radical (unpaired) electrons. The van der Waals surface area contributed by atoms with Crippen LogP contribution in [0.3, 0.4) is 0 Å². The van der Waals surface area contributed by atoms with Crippen LogP contribution < -0.4 is 15.1 Å². The molecule has 2 amide bonds. The van der Waals surface area contributed by atoms with Crippen LogP contribution in [0.4, 0.5) is 5.69 Å². The Morgan fingerprint density at radius 2 is 2.39 bits per heavy atom. The normalized spacial score (nSPS) is 13.6. The van der Waals surface area contributed by atoms with E-state index < -0.39 is 5.91 Å². The molecule has 1 aliphatic heterocycles. The first-order valence-electron chi connectivity index (χ1n) is 5.30. The lowest BCUT2D eigenvalue weighted by molar-refractivity contribution is -0.121. The molecular formula is C12H12N2O4. The summed E-state index contributed by atoms with van der Waals surface area (Å²) in [5, 5.41) is 8.59. The van der Waals surface area contributed by atoms with E-state index in [0.29, 0.717) is 18.0 Å². The highest BCUT2D eigenvalue weighted by molar-refractivity contribution is 6.01. The zero-order chi connectivity index (χ0) is 13.1. The van der Waals surface area contributed by atoms with Gasteiger partial charge in [-0.05, 0) is 18.2 Å². The van der Waals surface area contributed by atoms with Gasteiger partial charge in [0.2, 0.25) is 0 Å². The summed E-state index contributed by atoms with van der Waals surface area (Å²) in [5.74, 6) is -0.329. The summed E-state index contributed by atoms with van der Waals surface area (Å²) >= 11 is 0. The van der Waals surface area contributed by atoms with Crippen molar-refractivity contribution >= 4 is 17.5 Å². The third-order valence-corrected chi connectivity index (χ3v) is 2.58. The smallest absolute Gasteiger partial charge is 0.274 e. The Kier molecular flexibility index (Phi) is 3.29. The molecule has 0 aliphatic carbocycles. The Bertz CT molecular complexity index is 513. The van der Waals surface area contributed by atoms with E-state index in [1.807, 2.05) is 0 Å². The molecule has 94 valence electrons. The molecule has 0 unspecified atom stereocenters. The largest absolute Gasteiger partial charge is 0.482 e. The van der Waals surface area contributed by atoms with E-state index in [4.69, 9.17) is 9.94 Å². The molecule has 0 spiro atoms. The van der Waals surface area contributed by atoms with Crippen LogP contribution in [0.2, 0.25) is 0 Å². The van der Waals surface area contributed by atoms with Crippen molar-refractivity contribution < 1.29 is 19.5 Å². The maximum Gasteiger partial charge on any atom is 0.274 e. The fourth-order valence-electron chi connectivity index (χ4n) is 1.74. The van der Waals surface area contributed by atoms with Crippen molar-refractivity contribution in [1.29, 1.82) is 0 Å². The van der Waals surface area contributed by atoms with E-state index in [0.717, 1.165) is 0 Å². The highest BCUT2D eigenvalue weighted by Gasteiger charge is 2.25. The maximum absolute atomic E-state index is 11.7. The zero-order valence-corrected chi connectivity index (χ0v) is 9.55. The molecule has 0 atom stereocenters. The van der Waals surface area contributed by atoms with E-state index in [2.05, 4.69) is 6.58 Å². The van der Waals surface area contributed by atoms with Crippen molar-refractivity contribution in [1.82, 2.24) is 5.48 Å². The van der Waals surface area contributed by atoms with Crippen LogP contribution in [0.15, 0.2) is 30.9 Å². The molecule has 0 fully saturated rings. The van der Waals surface area contributed by atoms with E-state index >= 15 is 0 Å². The van der Waals surface area contributed by atoms with Gasteiger partial charge in [0, 0.05) is 12.1 Å². The lowest BCUT2D eigenvalue weighted by Crippen LogP contribution is -2.39. The summed E-state index contributed by atoms with van der Waals surface area (Å²) in [6, 6.07) is 4.58. The van der Waals surface area contributed by atoms with E-state index in [-0.39, 0.29) is 18.1 Å². The van der Waals surface area contributed by atoms with Gasteiger partial charge in [-0.15, -0.1) is 6.58 Å². The minimum Gasteiger partial charge on any atom is -0.482 e. The SMILES string of the molecule is C=CCN1C(=O)COc2ccc(C(=O)NO)cc21. The first-order chi connectivity index (χ1) is 8.67. The van der Waals surface area contributed by atoms with Gasteiger partial charge in [0.05, 0.1) is 5.69 Å². The van der Waals surface area contributed by atoms with Gasteiger partial charge in [-0.2, -0.15) is 0 Å². The number of fused-ring (bicyclic) bond motifs is 1. The van der Waals surface area contributed by atoms with E-state index in [9.17, 15) is 9.59 Å². The Hall–Kier alpha value is -2.34. The van der Waals surface area contributed by atoms with Gasteiger partial charge in [-0.25, -0.2) is 5.48 Å². The highest BCUT2D eigenvalue weighted by atomic mass is 16.5. The van der Waals surface area contributed by atoms with Gasteiger partial charge in [0.1, 0.15) is 5.75 Å². The third-order valence-electron chi connectivity index (χ3n) is 2.58. The molecule has 6 nitrogen and oxygen atoms in total. The first-order valence-corrected chi connectivity index (χ1v) is 5.30. The van der Waals surface area contributed by atoms with Gasteiger partial charge in [-0.3, -0.25) is 14.8 Å². The molecule has 0 saturated carbocycles. The van der Waals surface area contributed by atoms with E-state index in [1.165, 1.54) is 17.0 Å². The lowest BCUT2D eigenvalue weighted by atomic mass is 10.1. The van der Waals surface area contributed by atoms with Gasteiger partial charge in [0.15, 0.2) is 6.61 Å². The molecule has 0 saturated heterocycles. The zero-order valence-electron chi connectivity index (χ0n) is 9.55. The van der Waals surface area contributed by atoms with Crippen molar-refractivity contribution in [3.8, 4) is 5.75 Å². The first kappa shape index (κ1) is 12.1. The third kappa shape index (κ3) is 2.05. The Morgan fingerprint density at radius 1 is 1.61 bits per heavy atom. The van der Waals surface area contributed by atoms with Crippen LogP contribution in [0, 0.1) is 0 Å². The number of anilines is 1. The number of hydrogen-bond acceptors (Lipinski definition) is 4. The molecule has 2 rings (SSSR count). The van der Waals surface area contributed by atoms with Crippen LogP contribution in [0.5, 0.6) is 5.75 Å². The average molecular weight is 248 g/mol. The second kappa shape index (κ2) is 4.89. The van der Waals surface area contributed by atoms with Crippen molar-refractivity contribution in [3.63, 3.8) is 0 Å². The summed E-state index contributed by atoms with van der Waals surface area (Å²) in [5.41, 5.74) is 2.28. The van der Waals surface area contributed by atoms with Crippen molar-refractivity contribution in [2.75, 3.05) is 18.1 Å². The maximum atomic E-state index is 11.7. The van der Waals surface area contributed by atoms with Crippen molar-refractivity contribution in [2.45, 2.75) is 0 Å². The minimum absolute atomic E-state index is 0.0353. The van der Waals surface area contributed by atoms with Gasteiger partial charge in [0.25, 0.3) is 11.8 Å². The number of hydrogen-bond donors (Lipinski definition) is 2. The number of carbonyl (C=O) groups is 2. The quantitative estimate of drug-likeness (QED) is 0.469. The Balaban J connectivity index is 2.44. The second-order valence-electron chi connectivity index (χ2n) is 3.71. The summed E-state index contributed by atoms with van der Waals surface area (Å²) in [7, 11) is 0. The molecule has 0 aromatic heterocycles. The fraction of sp³-hybridized carbons (Fsp3) is 0.167. The molecule has 18 heavy (non-hydrogen) atoms. The molecule has 1 aromatic rings. The standard InChI is InChI=1S/C12H12N2O4/c1-2-5-14-9-6-8(12(16)13-17)3-4-10(9)18-7-11(14)15/h2-4,6,17H,1,5,7H2,(H,13,16). The van der Waals surface area contributed by atoms with Gasteiger partial charge >= 0.3 is 0 Å².